The second-order valence-electron chi connectivity index (χ2n) is 5.11. The predicted octanol–water partition coefficient (Wildman–Crippen LogP) is 1.13. The molecule has 0 amide bonds. The smallest absolute Gasteiger partial charge is 0.158 e. The van der Waals surface area contributed by atoms with Crippen LogP contribution in [-0.2, 0) is 11.3 Å². The van der Waals surface area contributed by atoms with E-state index in [0.29, 0.717) is 24.3 Å². The molecule has 1 aromatic rings. The lowest BCUT2D eigenvalue weighted by Crippen LogP contribution is -2.37. The number of methoxy groups -OCH3 is 1. The predicted molar refractivity (Wildman–Crippen MR) is 80.7 cm³/mol. The van der Waals surface area contributed by atoms with Gasteiger partial charge in [-0.1, -0.05) is 13.8 Å². The van der Waals surface area contributed by atoms with Gasteiger partial charge in [0.1, 0.15) is 18.2 Å². The first-order chi connectivity index (χ1) is 9.67. The summed E-state index contributed by atoms with van der Waals surface area (Å²) in [4.78, 5) is 13.5. The van der Waals surface area contributed by atoms with Gasteiger partial charge in [0, 0.05) is 32.3 Å². The number of ether oxygens (including phenoxy) is 1. The highest BCUT2D eigenvalue weighted by molar-refractivity contribution is 5.48. The molecule has 112 valence electrons. The largest absolute Gasteiger partial charge is 0.384 e. The Morgan fingerprint density at radius 3 is 2.80 bits per heavy atom. The second kappa shape index (κ2) is 6.85. The third-order valence-electron chi connectivity index (χ3n) is 3.87. The molecule has 0 aliphatic carbocycles. The zero-order valence-corrected chi connectivity index (χ0v) is 12.7. The van der Waals surface area contributed by atoms with Gasteiger partial charge in [0.05, 0.1) is 0 Å². The Hall–Kier alpha value is -1.40. The van der Waals surface area contributed by atoms with E-state index in [2.05, 4.69) is 33.6 Å². The van der Waals surface area contributed by atoms with Gasteiger partial charge in [-0.05, 0) is 19.5 Å². The monoisotopic (exact) mass is 279 g/mol. The Bertz CT molecular complexity index is 436. The number of nitrogens with two attached hydrogens (primary N) is 1. The number of likely N-dealkylation sites (N-methyl/N-ethyl adjacent to an activating group) is 1. The van der Waals surface area contributed by atoms with Crippen molar-refractivity contribution in [1.29, 1.82) is 0 Å². The summed E-state index contributed by atoms with van der Waals surface area (Å²) in [6.45, 7) is 9.03. The van der Waals surface area contributed by atoms with Crippen LogP contribution in [0, 0.1) is 0 Å². The van der Waals surface area contributed by atoms with E-state index in [1.807, 2.05) is 6.07 Å². The number of nitrogen functional groups attached to an aromatic ring is 1. The number of hydrogen-bond donors (Lipinski definition) is 1. The first-order valence-electron chi connectivity index (χ1n) is 7.29. The van der Waals surface area contributed by atoms with Gasteiger partial charge in [0.2, 0.25) is 0 Å². The van der Waals surface area contributed by atoms with E-state index < -0.39 is 0 Å². The molecule has 1 aromatic heterocycles. The Morgan fingerprint density at radius 2 is 2.15 bits per heavy atom. The van der Waals surface area contributed by atoms with Crippen molar-refractivity contribution in [1.82, 2.24) is 14.9 Å². The van der Waals surface area contributed by atoms with Crippen LogP contribution in [0.3, 0.4) is 0 Å². The van der Waals surface area contributed by atoms with Crippen molar-refractivity contribution >= 4 is 11.6 Å². The molecule has 0 radical (unpaired) electrons. The number of nitrogens with zero attached hydrogens (tertiary/aromatic N) is 4. The van der Waals surface area contributed by atoms with E-state index in [-0.39, 0.29) is 0 Å². The first kappa shape index (κ1) is 15.0. The molecule has 1 atom stereocenters. The lowest BCUT2D eigenvalue weighted by molar-refractivity contribution is 0.178. The maximum Gasteiger partial charge on any atom is 0.158 e. The standard InChI is InChI=1S/C14H25N5O/c1-4-18(5-2)11-6-7-19(9-11)14-8-12(15)16-13(17-14)10-20-3/h8,11H,4-7,9-10H2,1-3H3,(H2,15,16,17). The van der Waals surface area contributed by atoms with Crippen molar-refractivity contribution in [3.8, 4) is 0 Å². The molecular formula is C14H25N5O. The molecular weight excluding hydrogens is 254 g/mol. The molecule has 2 rings (SSSR count). The number of rotatable bonds is 6. The SMILES string of the molecule is CCN(CC)C1CCN(c2cc(N)nc(COC)n2)C1. The Balaban J connectivity index is 2.09. The fourth-order valence-electron chi connectivity index (χ4n) is 2.85. The molecule has 2 heterocycles. The topological polar surface area (TPSA) is 67.5 Å². The Kier molecular flexibility index (Phi) is 5.14. The van der Waals surface area contributed by atoms with Crippen LogP contribution in [0.2, 0.25) is 0 Å². The van der Waals surface area contributed by atoms with Crippen LogP contribution in [0.4, 0.5) is 11.6 Å². The molecule has 1 aliphatic rings. The van der Waals surface area contributed by atoms with Crippen molar-refractivity contribution in [2.24, 2.45) is 0 Å². The normalized spacial score (nSPS) is 19.0. The minimum atomic E-state index is 0.394. The van der Waals surface area contributed by atoms with Gasteiger partial charge in [0.25, 0.3) is 0 Å². The molecule has 6 nitrogen and oxygen atoms in total. The molecule has 0 saturated carbocycles. The molecule has 1 aliphatic heterocycles. The van der Waals surface area contributed by atoms with Crippen molar-refractivity contribution in [3.63, 3.8) is 0 Å². The number of hydrogen-bond acceptors (Lipinski definition) is 6. The van der Waals surface area contributed by atoms with Crippen LogP contribution in [-0.4, -0.2) is 54.2 Å². The van der Waals surface area contributed by atoms with E-state index in [1.54, 1.807) is 7.11 Å². The van der Waals surface area contributed by atoms with E-state index >= 15 is 0 Å². The highest BCUT2D eigenvalue weighted by atomic mass is 16.5. The third kappa shape index (κ3) is 3.37. The van der Waals surface area contributed by atoms with Gasteiger partial charge >= 0.3 is 0 Å². The molecule has 0 aromatic carbocycles. The summed E-state index contributed by atoms with van der Waals surface area (Å²) in [6, 6.07) is 2.45. The van der Waals surface area contributed by atoms with Crippen molar-refractivity contribution in [2.75, 3.05) is 43.9 Å². The molecule has 1 saturated heterocycles. The van der Waals surface area contributed by atoms with Crippen molar-refractivity contribution in [2.45, 2.75) is 32.9 Å². The Morgan fingerprint density at radius 1 is 1.40 bits per heavy atom. The third-order valence-corrected chi connectivity index (χ3v) is 3.87. The van der Waals surface area contributed by atoms with Gasteiger partial charge < -0.3 is 15.4 Å². The molecule has 6 heteroatoms. The van der Waals surface area contributed by atoms with Crippen LogP contribution in [0.5, 0.6) is 0 Å². The lowest BCUT2D eigenvalue weighted by Gasteiger charge is -2.26. The molecule has 1 fully saturated rings. The van der Waals surface area contributed by atoms with E-state index in [1.165, 1.54) is 6.42 Å². The number of anilines is 2. The minimum absolute atomic E-state index is 0.394. The highest BCUT2D eigenvalue weighted by Gasteiger charge is 2.27. The molecule has 0 bridgehead atoms. The fourth-order valence-corrected chi connectivity index (χ4v) is 2.85. The van der Waals surface area contributed by atoms with Gasteiger partial charge in [-0.3, -0.25) is 4.90 Å². The van der Waals surface area contributed by atoms with Crippen LogP contribution in [0.25, 0.3) is 0 Å². The van der Waals surface area contributed by atoms with Gasteiger partial charge in [-0.25, -0.2) is 9.97 Å². The molecule has 1 unspecified atom stereocenters. The summed E-state index contributed by atoms with van der Waals surface area (Å²) in [5, 5.41) is 0. The second-order valence-corrected chi connectivity index (χ2v) is 5.11. The molecule has 2 N–H and O–H groups in total. The van der Waals surface area contributed by atoms with Gasteiger partial charge in [-0.2, -0.15) is 0 Å². The van der Waals surface area contributed by atoms with Crippen LogP contribution < -0.4 is 10.6 Å². The quantitative estimate of drug-likeness (QED) is 0.842. The molecule has 20 heavy (non-hydrogen) atoms. The highest BCUT2D eigenvalue weighted by Crippen LogP contribution is 2.22. The summed E-state index contributed by atoms with van der Waals surface area (Å²) in [7, 11) is 1.64. The summed E-state index contributed by atoms with van der Waals surface area (Å²) < 4.78 is 5.09. The zero-order chi connectivity index (χ0) is 14.5. The van der Waals surface area contributed by atoms with Crippen molar-refractivity contribution < 1.29 is 4.74 Å². The lowest BCUT2D eigenvalue weighted by atomic mass is 10.2. The fraction of sp³-hybridized carbons (Fsp3) is 0.714. The van der Waals surface area contributed by atoms with Crippen LogP contribution in [0.15, 0.2) is 6.07 Å². The average molecular weight is 279 g/mol. The Labute approximate surface area is 120 Å². The molecule has 0 spiro atoms. The summed E-state index contributed by atoms with van der Waals surface area (Å²) in [6.07, 6.45) is 1.17. The van der Waals surface area contributed by atoms with E-state index in [9.17, 15) is 0 Å². The van der Waals surface area contributed by atoms with Crippen LogP contribution >= 0.6 is 0 Å². The van der Waals surface area contributed by atoms with Gasteiger partial charge in [-0.15, -0.1) is 0 Å². The van der Waals surface area contributed by atoms with E-state index in [4.69, 9.17) is 10.5 Å². The minimum Gasteiger partial charge on any atom is -0.384 e. The summed E-state index contributed by atoms with van der Waals surface area (Å²) >= 11 is 0. The zero-order valence-electron chi connectivity index (χ0n) is 12.7. The van der Waals surface area contributed by atoms with E-state index in [0.717, 1.165) is 32.0 Å². The maximum atomic E-state index is 5.86. The first-order valence-corrected chi connectivity index (χ1v) is 7.29. The maximum absolute atomic E-state index is 5.86. The van der Waals surface area contributed by atoms with Crippen LogP contribution in [0.1, 0.15) is 26.1 Å². The van der Waals surface area contributed by atoms with Gasteiger partial charge in [0.15, 0.2) is 5.82 Å². The van der Waals surface area contributed by atoms with Crippen molar-refractivity contribution in [3.05, 3.63) is 11.9 Å². The average Bonchev–Trinajstić information content (AvgIpc) is 2.90. The summed E-state index contributed by atoms with van der Waals surface area (Å²) in [5.74, 6) is 2.07. The summed E-state index contributed by atoms with van der Waals surface area (Å²) in [5.41, 5.74) is 5.86. The number of aromatic nitrogens is 2.